The van der Waals surface area contributed by atoms with Gasteiger partial charge in [0.1, 0.15) is 0 Å². The van der Waals surface area contributed by atoms with Crippen molar-refractivity contribution in [3.63, 3.8) is 0 Å². The van der Waals surface area contributed by atoms with Crippen molar-refractivity contribution in [2.75, 3.05) is 5.32 Å². The van der Waals surface area contributed by atoms with Crippen LogP contribution in [0, 0.1) is 13.8 Å². The Labute approximate surface area is 144 Å². The minimum Gasteiger partial charge on any atom is -0.332 e. The summed E-state index contributed by atoms with van der Waals surface area (Å²) in [4.78, 5) is 12.2. The number of carbonyl (C=O) groups excluding carboxylic acids is 1. The van der Waals surface area contributed by atoms with Crippen molar-refractivity contribution in [1.82, 2.24) is 5.32 Å². The summed E-state index contributed by atoms with van der Waals surface area (Å²) in [7, 11) is 0. The van der Waals surface area contributed by atoms with Gasteiger partial charge in [0.2, 0.25) is 0 Å². The lowest BCUT2D eigenvalue weighted by molar-refractivity contribution is 0.0977. The van der Waals surface area contributed by atoms with Gasteiger partial charge in [-0.1, -0.05) is 40.9 Å². The van der Waals surface area contributed by atoms with Crippen LogP contribution in [0.4, 0.5) is 5.69 Å². The molecule has 2 N–H and O–H groups in total. The van der Waals surface area contributed by atoms with Crippen molar-refractivity contribution in [3.8, 4) is 0 Å². The second-order valence-electron chi connectivity index (χ2n) is 4.86. The Morgan fingerprint density at radius 2 is 1.77 bits per heavy atom. The number of halogens is 2. The van der Waals surface area contributed by atoms with E-state index in [0.717, 1.165) is 11.1 Å². The van der Waals surface area contributed by atoms with E-state index in [1.165, 1.54) is 0 Å². The Kier molecular flexibility index (Phi) is 5.40. The number of aryl methyl sites for hydroxylation is 2. The Bertz CT molecular complexity index is 747. The van der Waals surface area contributed by atoms with Gasteiger partial charge in [-0.05, 0) is 55.9 Å². The van der Waals surface area contributed by atoms with Crippen LogP contribution in [0.3, 0.4) is 0 Å². The number of nitrogens with one attached hydrogen (secondary N) is 2. The van der Waals surface area contributed by atoms with Crippen LogP contribution in [0.25, 0.3) is 0 Å². The maximum Gasteiger partial charge on any atom is 0.257 e. The van der Waals surface area contributed by atoms with Crippen LogP contribution in [0.5, 0.6) is 0 Å². The van der Waals surface area contributed by atoms with E-state index in [0.29, 0.717) is 21.3 Å². The van der Waals surface area contributed by atoms with E-state index in [-0.39, 0.29) is 11.0 Å². The van der Waals surface area contributed by atoms with Gasteiger partial charge in [0.15, 0.2) is 5.11 Å². The number of anilines is 1. The number of thiocarbonyl (C=S) groups is 1. The molecule has 3 nitrogen and oxygen atoms in total. The predicted molar refractivity (Wildman–Crippen MR) is 96.1 cm³/mol. The molecular formula is C16H14Cl2N2OS. The molecule has 1 amide bonds. The fourth-order valence-corrected chi connectivity index (χ4v) is 2.48. The molecular weight excluding hydrogens is 339 g/mol. The van der Waals surface area contributed by atoms with Gasteiger partial charge in [0.05, 0.1) is 10.0 Å². The highest BCUT2D eigenvalue weighted by molar-refractivity contribution is 7.80. The Balaban J connectivity index is 2.05. The topological polar surface area (TPSA) is 41.1 Å². The zero-order chi connectivity index (χ0) is 16.3. The number of rotatable bonds is 2. The number of carbonyl (C=O) groups is 1. The highest BCUT2D eigenvalue weighted by Crippen LogP contribution is 2.24. The lowest BCUT2D eigenvalue weighted by atomic mass is 10.1. The van der Waals surface area contributed by atoms with E-state index < -0.39 is 0 Å². The average molecular weight is 353 g/mol. The molecule has 0 radical (unpaired) electrons. The van der Waals surface area contributed by atoms with Gasteiger partial charge >= 0.3 is 0 Å². The number of hydrogen-bond acceptors (Lipinski definition) is 2. The first-order valence-corrected chi connectivity index (χ1v) is 7.68. The molecule has 2 aromatic carbocycles. The van der Waals surface area contributed by atoms with Crippen LogP contribution in [0.15, 0.2) is 36.4 Å². The zero-order valence-electron chi connectivity index (χ0n) is 12.0. The van der Waals surface area contributed by atoms with E-state index in [1.807, 2.05) is 26.0 Å². The molecule has 0 aliphatic heterocycles. The summed E-state index contributed by atoms with van der Waals surface area (Å²) in [5, 5.41) is 6.61. The lowest BCUT2D eigenvalue weighted by Gasteiger charge is -2.11. The van der Waals surface area contributed by atoms with Gasteiger partial charge in [-0.3, -0.25) is 10.1 Å². The number of benzene rings is 2. The van der Waals surface area contributed by atoms with Gasteiger partial charge in [-0.25, -0.2) is 0 Å². The second kappa shape index (κ2) is 7.09. The fourth-order valence-electron chi connectivity index (χ4n) is 1.98. The minimum atomic E-state index is -0.255. The van der Waals surface area contributed by atoms with Gasteiger partial charge in [-0.15, -0.1) is 0 Å². The average Bonchev–Trinajstić information content (AvgIpc) is 2.42. The maximum absolute atomic E-state index is 12.2. The minimum absolute atomic E-state index is 0.198. The van der Waals surface area contributed by atoms with Gasteiger partial charge in [-0.2, -0.15) is 0 Å². The molecule has 0 saturated carbocycles. The largest absolute Gasteiger partial charge is 0.332 e. The molecule has 6 heteroatoms. The standard InChI is InChI=1S/C16H14Cl2N2OS/c1-9-3-5-12(10(2)7-9)15(21)20-16(22)19-11-4-6-13(17)14(18)8-11/h3-8H,1-2H3,(H2,19,20,21,22). The molecule has 0 aliphatic carbocycles. The number of amides is 1. The molecule has 0 fully saturated rings. The van der Waals surface area contributed by atoms with Crippen LogP contribution in [-0.4, -0.2) is 11.0 Å². The van der Waals surface area contributed by atoms with Crippen LogP contribution in [0.2, 0.25) is 10.0 Å². The molecule has 0 unspecified atom stereocenters. The molecule has 0 spiro atoms. The molecule has 0 aromatic heterocycles. The Morgan fingerprint density at radius 3 is 2.41 bits per heavy atom. The van der Waals surface area contributed by atoms with E-state index in [1.54, 1.807) is 24.3 Å². The molecule has 22 heavy (non-hydrogen) atoms. The van der Waals surface area contributed by atoms with Crippen LogP contribution in [-0.2, 0) is 0 Å². The smallest absolute Gasteiger partial charge is 0.257 e. The SMILES string of the molecule is Cc1ccc(C(=O)NC(=S)Nc2ccc(Cl)c(Cl)c2)c(C)c1. The van der Waals surface area contributed by atoms with E-state index >= 15 is 0 Å². The van der Waals surface area contributed by atoms with Gasteiger partial charge in [0.25, 0.3) is 5.91 Å². The second-order valence-corrected chi connectivity index (χ2v) is 6.08. The van der Waals surface area contributed by atoms with Crippen LogP contribution < -0.4 is 10.6 Å². The molecule has 0 saturated heterocycles. The predicted octanol–water partition coefficient (Wildman–Crippen LogP) is 4.74. The first kappa shape index (κ1) is 16.7. The Morgan fingerprint density at radius 1 is 1.05 bits per heavy atom. The summed E-state index contributed by atoms with van der Waals surface area (Å²) in [5.74, 6) is -0.255. The Hall–Kier alpha value is -1.62. The van der Waals surface area contributed by atoms with E-state index in [2.05, 4.69) is 10.6 Å². The molecule has 0 atom stereocenters. The molecule has 0 bridgehead atoms. The number of hydrogen-bond donors (Lipinski definition) is 2. The summed E-state index contributed by atoms with van der Waals surface area (Å²) >= 11 is 16.9. The zero-order valence-corrected chi connectivity index (χ0v) is 14.4. The normalized spacial score (nSPS) is 10.2. The summed E-state index contributed by atoms with van der Waals surface area (Å²) in [6.07, 6.45) is 0. The highest BCUT2D eigenvalue weighted by atomic mass is 35.5. The van der Waals surface area contributed by atoms with E-state index in [4.69, 9.17) is 35.4 Å². The maximum atomic E-state index is 12.2. The molecule has 114 valence electrons. The van der Waals surface area contributed by atoms with Crippen molar-refractivity contribution in [2.45, 2.75) is 13.8 Å². The molecule has 0 heterocycles. The molecule has 0 aliphatic rings. The van der Waals surface area contributed by atoms with Crippen LogP contribution in [0.1, 0.15) is 21.5 Å². The van der Waals surface area contributed by atoms with Crippen molar-refractivity contribution in [1.29, 1.82) is 0 Å². The van der Waals surface area contributed by atoms with Gasteiger partial charge < -0.3 is 5.32 Å². The van der Waals surface area contributed by atoms with E-state index in [9.17, 15) is 4.79 Å². The quantitative estimate of drug-likeness (QED) is 0.767. The first-order chi connectivity index (χ1) is 10.4. The first-order valence-electron chi connectivity index (χ1n) is 6.51. The summed E-state index contributed by atoms with van der Waals surface area (Å²) < 4.78 is 0. The molecule has 2 rings (SSSR count). The van der Waals surface area contributed by atoms with Crippen LogP contribution >= 0.6 is 35.4 Å². The lowest BCUT2D eigenvalue weighted by Crippen LogP contribution is -2.34. The third-order valence-corrected chi connectivity index (χ3v) is 3.97. The fraction of sp³-hybridized carbons (Fsp3) is 0.125. The monoisotopic (exact) mass is 352 g/mol. The van der Waals surface area contributed by atoms with Crippen molar-refractivity contribution in [3.05, 3.63) is 63.1 Å². The van der Waals surface area contributed by atoms with Crippen molar-refractivity contribution >= 4 is 52.1 Å². The summed E-state index contributed by atoms with van der Waals surface area (Å²) in [6, 6.07) is 10.6. The third kappa shape index (κ3) is 4.19. The van der Waals surface area contributed by atoms with Crippen molar-refractivity contribution < 1.29 is 4.79 Å². The third-order valence-electron chi connectivity index (χ3n) is 3.03. The highest BCUT2D eigenvalue weighted by Gasteiger charge is 2.11. The summed E-state index contributed by atoms with van der Waals surface area (Å²) in [6.45, 7) is 3.86. The summed E-state index contributed by atoms with van der Waals surface area (Å²) in [5.41, 5.74) is 3.24. The molecule has 2 aromatic rings. The van der Waals surface area contributed by atoms with Gasteiger partial charge in [0, 0.05) is 11.3 Å². The van der Waals surface area contributed by atoms with Crippen molar-refractivity contribution in [2.24, 2.45) is 0 Å².